The number of hydrogen-bond donors (Lipinski definition) is 3. The molecule has 0 amide bonds. The highest BCUT2D eigenvalue weighted by molar-refractivity contribution is 7.22. The molecule has 0 aromatic carbocycles. The fourth-order valence-corrected chi connectivity index (χ4v) is 2.21. The van der Waals surface area contributed by atoms with Gasteiger partial charge in [-0.3, -0.25) is 0 Å². The monoisotopic (exact) mass is 257 g/mol. The van der Waals surface area contributed by atoms with Gasteiger partial charge in [-0.25, -0.2) is 0 Å². The van der Waals surface area contributed by atoms with E-state index in [-0.39, 0.29) is 0 Å². The van der Waals surface area contributed by atoms with Crippen molar-refractivity contribution in [2.45, 2.75) is 32.9 Å². The molecule has 0 aliphatic rings. The molecule has 0 atom stereocenters. The van der Waals surface area contributed by atoms with Crippen LogP contribution in [0.5, 0.6) is 0 Å². The highest BCUT2D eigenvalue weighted by Gasteiger charge is 2.13. The first kappa shape index (κ1) is 14.7. The first-order chi connectivity index (χ1) is 8.09. The maximum atomic E-state index is 8.96. The van der Waals surface area contributed by atoms with Crippen molar-refractivity contribution in [1.82, 2.24) is 5.32 Å². The molecule has 1 aromatic heterocycles. The van der Waals surface area contributed by atoms with Crippen LogP contribution in [-0.2, 0) is 11.3 Å². The Hall–Kier alpha value is -0.395. The average Bonchev–Trinajstić information content (AvgIpc) is 2.71. The fourth-order valence-electron chi connectivity index (χ4n) is 1.36. The zero-order valence-electron chi connectivity index (χ0n) is 10.3. The predicted octanol–water partition coefficient (Wildman–Crippen LogP) is 0.333. The zero-order valence-corrected chi connectivity index (χ0v) is 11.2. The van der Waals surface area contributed by atoms with E-state index in [9.17, 15) is 0 Å². The maximum Gasteiger partial charge on any atom is 0.499 e. The molecular weight excluding hydrogens is 237 g/mol. The highest BCUT2D eigenvalue weighted by Crippen LogP contribution is 2.06. The van der Waals surface area contributed by atoms with E-state index in [4.69, 9.17) is 14.8 Å². The minimum atomic E-state index is -1.35. The Morgan fingerprint density at radius 3 is 2.76 bits per heavy atom. The van der Waals surface area contributed by atoms with Gasteiger partial charge in [0.15, 0.2) is 0 Å². The quantitative estimate of drug-likeness (QED) is 0.464. The number of ether oxygens (including phenoxy) is 1. The second-order valence-corrected chi connectivity index (χ2v) is 5.33. The molecule has 0 bridgehead atoms. The van der Waals surface area contributed by atoms with Crippen molar-refractivity contribution in [3.63, 3.8) is 0 Å². The topological polar surface area (TPSA) is 61.7 Å². The Morgan fingerprint density at radius 1 is 1.41 bits per heavy atom. The lowest BCUT2D eigenvalue weighted by Crippen LogP contribution is -2.26. The molecule has 96 valence electrons. The third-order valence-electron chi connectivity index (χ3n) is 2.19. The van der Waals surface area contributed by atoms with E-state index in [1.807, 2.05) is 19.9 Å². The van der Waals surface area contributed by atoms with Gasteiger partial charge < -0.3 is 20.1 Å². The van der Waals surface area contributed by atoms with Crippen LogP contribution in [0.25, 0.3) is 0 Å². The van der Waals surface area contributed by atoms with E-state index in [0.717, 1.165) is 31.0 Å². The zero-order chi connectivity index (χ0) is 12.7. The summed E-state index contributed by atoms with van der Waals surface area (Å²) in [7, 11) is -1.35. The van der Waals surface area contributed by atoms with Gasteiger partial charge in [-0.05, 0) is 32.9 Å². The largest absolute Gasteiger partial charge is 0.499 e. The van der Waals surface area contributed by atoms with E-state index >= 15 is 0 Å². The lowest BCUT2D eigenvalue weighted by atomic mass is 9.90. The highest BCUT2D eigenvalue weighted by atomic mass is 32.1. The molecule has 0 aliphatic carbocycles. The molecule has 0 spiro atoms. The van der Waals surface area contributed by atoms with Crippen LogP contribution < -0.4 is 10.1 Å². The molecule has 0 fully saturated rings. The van der Waals surface area contributed by atoms with E-state index in [2.05, 4.69) is 5.32 Å². The number of rotatable bonds is 8. The van der Waals surface area contributed by atoms with E-state index in [0.29, 0.717) is 10.9 Å². The van der Waals surface area contributed by atoms with Crippen molar-refractivity contribution < 1.29 is 14.8 Å². The predicted molar refractivity (Wildman–Crippen MR) is 71.6 cm³/mol. The van der Waals surface area contributed by atoms with E-state index in [1.54, 1.807) is 6.07 Å². The molecule has 1 heterocycles. The molecular formula is C11H20BNO3S. The summed E-state index contributed by atoms with van der Waals surface area (Å²) in [5.41, 5.74) is 0. The minimum Gasteiger partial charge on any atom is -0.423 e. The second-order valence-electron chi connectivity index (χ2n) is 4.13. The number of hydrogen-bond acceptors (Lipinski definition) is 5. The molecule has 3 N–H and O–H groups in total. The Bertz CT molecular complexity index is 317. The van der Waals surface area contributed by atoms with E-state index in [1.165, 1.54) is 11.3 Å². The van der Waals surface area contributed by atoms with Crippen LogP contribution in [0.3, 0.4) is 0 Å². The first-order valence-corrected chi connectivity index (χ1v) is 6.68. The van der Waals surface area contributed by atoms with Crippen molar-refractivity contribution in [2.75, 3.05) is 13.2 Å². The number of nitrogens with one attached hydrogen (secondary N) is 1. The average molecular weight is 257 g/mol. The van der Waals surface area contributed by atoms with Gasteiger partial charge in [-0.15, -0.1) is 11.3 Å². The summed E-state index contributed by atoms with van der Waals surface area (Å²) in [5, 5.41) is 21.2. The molecule has 1 rings (SSSR count). The van der Waals surface area contributed by atoms with Gasteiger partial charge in [-0.2, -0.15) is 0 Å². The summed E-state index contributed by atoms with van der Waals surface area (Å²) >= 11 is 1.42. The van der Waals surface area contributed by atoms with Crippen LogP contribution in [0, 0.1) is 0 Å². The Labute approximate surface area is 107 Å². The van der Waals surface area contributed by atoms with Gasteiger partial charge in [0.1, 0.15) is 0 Å². The van der Waals surface area contributed by atoms with Crippen LogP contribution in [-0.4, -0.2) is 36.4 Å². The van der Waals surface area contributed by atoms with Crippen molar-refractivity contribution in [3.8, 4) is 0 Å². The maximum absolute atomic E-state index is 8.96. The summed E-state index contributed by atoms with van der Waals surface area (Å²) in [6.07, 6.45) is 1.28. The van der Waals surface area contributed by atoms with Crippen LogP contribution >= 0.6 is 11.3 Å². The number of thiophene rings is 1. The fraction of sp³-hybridized carbons (Fsp3) is 0.636. The first-order valence-electron chi connectivity index (χ1n) is 5.86. The van der Waals surface area contributed by atoms with Crippen molar-refractivity contribution in [1.29, 1.82) is 0 Å². The summed E-state index contributed by atoms with van der Waals surface area (Å²) in [4.78, 5) is 1.11. The van der Waals surface area contributed by atoms with Crippen LogP contribution in [0.1, 0.15) is 25.1 Å². The van der Waals surface area contributed by atoms with Crippen LogP contribution in [0.2, 0.25) is 0 Å². The van der Waals surface area contributed by atoms with Crippen molar-refractivity contribution in [3.05, 3.63) is 17.0 Å². The normalized spacial score (nSPS) is 11.1. The molecule has 0 radical (unpaired) electrons. The SMILES string of the molecule is CC(C)OCCCNCc1ccc(B(O)O)s1. The van der Waals surface area contributed by atoms with Gasteiger partial charge >= 0.3 is 7.12 Å². The second kappa shape index (κ2) is 7.84. The summed E-state index contributed by atoms with van der Waals surface area (Å²) in [5.74, 6) is 0. The molecule has 6 heteroatoms. The van der Waals surface area contributed by atoms with Gasteiger partial charge in [-0.1, -0.05) is 6.07 Å². The minimum absolute atomic E-state index is 0.292. The van der Waals surface area contributed by atoms with Gasteiger partial charge in [0, 0.05) is 22.8 Å². The lowest BCUT2D eigenvalue weighted by Gasteiger charge is -2.07. The summed E-state index contributed by atoms with van der Waals surface area (Å²) in [6.45, 7) is 6.50. The Kier molecular flexibility index (Phi) is 6.76. The lowest BCUT2D eigenvalue weighted by molar-refractivity contribution is 0.0770. The third-order valence-corrected chi connectivity index (χ3v) is 3.31. The summed E-state index contributed by atoms with van der Waals surface area (Å²) < 4.78 is 6.01. The van der Waals surface area contributed by atoms with Gasteiger partial charge in [0.05, 0.1) is 6.10 Å². The third kappa shape index (κ3) is 6.19. The van der Waals surface area contributed by atoms with Crippen molar-refractivity contribution in [2.24, 2.45) is 0 Å². The Morgan fingerprint density at radius 2 is 2.18 bits per heavy atom. The molecule has 0 saturated heterocycles. The van der Waals surface area contributed by atoms with Crippen molar-refractivity contribution >= 4 is 23.2 Å². The molecule has 1 aromatic rings. The van der Waals surface area contributed by atoms with E-state index < -0.39 is 7.12 Å². The molecule has 0 aliphatic heterocycles. The van der Waals surface area contributed by atoms with Gasteiger partial charge in [0.25, 0.3) is 0 Å². The van der Waals surface area contributed by atoms with Crippen LogP contribution in [0.15, 0.2) is 12.1 Å². The Balaban J connectivity index is 2.09. The molecule has 17 heavy (non-hydrogen) atoms. The smallest absolute Gasteiger partial charge is 0.423 e. The summed E-state index contributed by atoms with van der Waals surface area (Å²) in [6, 6.07) is 3.66. The molecule has 0 unspecified atom stereocenters. The molecule has 4 nitrogen and oxygen atoms in total. The van der Waals surface area contributed by atoms with Crippen LogP contribution in [0.4, 0.5) is 0 Å². The van der Waals surface area contributed by atoms with Gasteiger partial charge in [0.2, 0.25) is 0 Å². The standard InChI is InChI=1S/C11H20BNO3S/c1-9(2)16-7-3-6-13-8-10-4-5-11(17-10)12(14)15/h4-5,9,13-15H,3,6-8H2,1-2H3. The molecule has 0 saturated carbocycles.